The Bertz CT molecular complexity index is 995. The zero-order valence-corrected chi connectivity index (χ0v) is 19.8. The molecule has 0 spiro atoms. The summed E-state index contributed by atoms with van der Waals surface area (Å²) in [5.41, 5.74) is 6.41. The quantitative estimate of drug-likeness (QED) is 0.526. The number of fused-ring (bicyclic) bond motifs is 1. The average molecular weight is 425 g/mol. The Morgan fingerprint density at radius 1 is 1.30 bits per heavy atom. The molecule has 160 valence electrons. The minimum Gasteiger partial charge on any atom is -0.444 e. The Morgan fingerprint density at radius 2 is 2.03 bits per heavy atom. The van der Waals surface area contributed by atoms with Crippen molar-refractivity contribution in [3.8, 4) is 0 Å². The number of benzene rings is 1. The third kappa shape index (κ3) is 5.01. The lowest BCUT2D eigenvalue weighted by Crippen LogP contribution is -2.39. The van der Waals surface area contributed by atoms with Crippen LogP contribution >= 0.6 is 11.3 Å². The van der Waals surface area contributed by atoms with Gasteiger partial charge in [0.05, 0.1) is 12.2 Å². The Labute approximate surface area is 184 Å². The van der Waals surface area contributed by atoms with Gasteiger partial charge in [0, 0.05) is 17.8 Å². The van der Waals surface area contributed by atoms with Crippen molar-refractivity contribution in [2.24, 2.45) is 0 Å². The van der Waals surface area contributed by atoms with Crippen LogP contribution in [0.4, 0.5) is 4.79 Å². The van der Waals surface area contributed by atoms with Crippen LogP contribution in [0.25, 0.3) is 11.1 Å². The first-order valence-corrected chi connectivity index (χ1v) is 11.3. The Balaban J connectivity index is 1.81. The number of hydrogen-bond donors (Lipinski definition) is 0. The number of ether oxygens (including phenoxy) is 1. The van der Waals surface area contributed by atoms with E-state index in [2.05, 4.69) is 51.6 Å². The van der Waals surface area contributed by atoms with E-state index in [9.17, 15) is 4.79 Å². The van der Waals surface area contributed by atoms with Gasteiger partial charge in [0.25, 0.3) is 0 Å². The number of allylic oxidation sites excluding steroid dienone is 3. The predicted molar refractivity (Wildman–Crippen MR) is 126 cm³/mol. The molecule has 2 aromatic rings. The normalized spacial score (nSPS) is 14.8. The van der Waals surface area contributed by atoms with Crippen molar-refractivity contribution in [3.63, 3.8) is 0 Å². The number of nitrogens with zero attached hydrogens (tertiary/aromatic N) is 2. The number of carbonyl (C=O) groups excluding carboxylic acids is 1. The van der Waals surface area contributed by atoms with E-state index < -0.39 is 5.60 Å². The second-order valence-electron chi connectivity index (χ2n) is 8.82. The Morgan fingerprint density at radius 3 is 2.70 bits per heavy atom. The van der Waals surface area contributed by atoms with Gasteiger partial charge in [-0.3, -0.25) is 0 Å². The van der Waals surface area contributed by atoms with Crippen LogP contribution in [0.1, 0.15) is 68.2 Å². The molecule has 3 rings (SSSR count). The molecule has 1 amide bonds. The van der Waals surface area contributed by atoms with Crippen molar-refractivity contribution in [2.45, 2.75) is 66.5 Å². The Kier molecular flexibility index (Phi) is 6.51. The van der Waals surface area contributed by atoms with Gasteiger partial charge in [-0.2, -0.15) is 0 Å². The molecule has 0 fully saturated rings. The highest BCUT2D eigenvalue weighted by Crippen LogP contribution is 2.34. The predicted octanol–water partition coefficient (Wildman–Crippen LogP) is 6.51. The summed E-state index contributed by atoms with van der Waals surface area (Å²) in [7, 11) is 0. The van der Waals surface area contributed by atoms with E-state index in [1.54, 1.807) is 16.2 Å². The SMILES string of the molecule is C=C(/C(C)=C(\C)c1nc2c(s1)CN(C(=O)OC(C)(C)C)CC2)c1cccc(CC)c1. The molecule has 4 nitrogen and oxygen atoms in total. The largest absolute Gasteiger partial charge is 0.444 e. The summed E-state index contributed by atoms with van der Waals surface area (Å²) in [4.78, 5) is 20.2. The molecule has 30 heavy (non-hydrogen) atoms. The standard InChI is InChI=1S/C25H32N2O2S/c1-8-19-10-9-11-20(14-19)17(3)16(2)18(4)23-26-21-12-13-27(15-22(21)30-23)24(28)29-25(5,6)7/h9-11,14H,3,8,12-13,15H2,1-2,4-7H3/b18-16+. The fourth-order valence-electron chi connectivity index (χ4n) is 3.42. The lowest BCUT2D eigenvalue weighted by molar-refractivity contribution is 0.0225. The van der Waals surface area contributed by atoms with Crippen LogP contribution in [0, 0.1) is 0 Å². The highest BCUT2D eigenvalue weighted by Gasteiger charge is 2.28. The summed E-state index contributed by atoms with van der Waals surface area (Å²) >= 11 is 1.67. The number of hydrogen-bond acceptors (Lipinski definition) is 4. The second kappa shape index (κ2) is 8.76. The van der Waals surface area contributed by atoms with Gasteiger partial charge in [0.1, 0.15) is 10.6 Å². The van der Waals surface area contributed by atoms with Crippen LogP contribution in [0.3, 0.4) is 0 Å². The third-order valence-electron chi connectivity index (χ3n) is 5.40. The van der Waals surface area contributed by atoms with Gasteiger partial charge in [0.2, 0.25) is 0 Å². The number of aryl methyl sites for hydroxylation is 1. The van der Waals surface area contributed by atoms with Gasteiger partial charge < -0.3 is 9.64 Å². The lowest BCUT2D eigenvalue weighted by atomic mass is 9.95. The molecule has 0 aliphatic carbocycles. The van der Waals surface area contributed by atoms with E-state index in [1.165, 1.54) is 5.56 Å². The second-order valence-corrected chi connectivity index (χ2v) is 9.91. The molecular weight excluding hydrogens is 392 g/mol. The number of amides is 1. The van der Waals surface area contributed by atoms with E-state index in [4.69, 9.17) is 9.72 Å². The number of rotatable bonds is 4. The van der Waals surface area contributed by atoms with Gasteiger partial charge >= 0.3 is 6.09 Å². The van der Waals surface area contributed by atoms with Gasteiger partial charge in [-0.15, -0.1) is 11.3 Å². The minimum absolute atomic E-state index is 0.254. The summed E-state index contributed by atoms with van der Waals surface area (Å²) in [5, 5.41) is 1.01. The van der Waals surface area contributed by atoms with Gasteiger partial charge in [0.15, 0.2) is 0 Å². The summed E-state index contributed by atoms with van der Waals surface area (Å²) in [6.45, 7) is 17.6. The van der Waals surface area contributed by atoms with Crippen LogP contribution in [-0.2, 0) is 24.1 Å². The summed E-state index contributed by atoms with van der Waals surface area (Å²) < 4.78 is 5.53. The first-order valence-electron chi connectivity index (χ1n) is 10.5. The van der Waals surface area contributed by atoms with E-state index in [0.717, 1.165) is 50.7 Å². The highest BCUT2D eigenvalue weighted by atomic mass is 32.1. The number of carbonyl (C=O) groups is 1. The minimum atomic E-state index is -0.484. The molecule has 0 N–H and O–H groups in total. The van der Waals surface area contributed by atoms with E-state index in [-0.39, 0.29) is 6.09 Å². The zero-order chi connectivity index (χ0) is 22.1. The molecular formula is C25H32N2O2S. The molecule has 0 saturated heterocycles. The number of thiazole rings is 1. The fraction of sp³-hybridized carbons (Fsp3) is 0.440. The molecule has 1 aliphatic heterocycles. The first kappa shape index (κ1) is 22.3. The summed E-state index contributed by atoms with van der Waals surface area (Å²) in [6.07, 6.45) is 1.52. The monoisotopic (exact) mass is 424 g/mol. The average Bonchev–Trinajstić information content (AvgIpc) is 3.14. The van der Waals surface area contributed by atoms with Gasteiger partial charge in [-0.1, -0.05) is 37.8 Å². The molecule has 0 radical (unpaired) electrons. The molecule has 0 saturated carbocycles. The van der Waals surface area contributed by atoms with Crippen molar-refractivity contribution >= 4 is 28.6 Å². The molecule has 2 heterocycles. The molecule has 0 bridgehead atoms. The van der Waals surface area contributed by atoms with E-state index >= 15 is 0 Å². The topological polar surface area (TPSA) is 42.4 Å². The highest BCUT2D eigenvalue weighted by molar-refractivity contribution is 7.12. The smallest absolute Gasteiger partial charge is 0.410 e. The van der Waals surface area contributed by atoms with Crippen LogP contribution in [-0.4, -0.2) is 28.1 Å². The first-order chi connectivity index (χ1) is 14.1. The summed E-state index contributed by atoms with van der Waals surface area (Å²) in [6, 6.07) is 8.57. The molecule has 1 aromatic heterocycles. The van der Waals surface area contributed by atoms with Crippen LogP contribution in [0.2, 0.25) is 0 Å². The van der Waals surface area contributed by atoms with Crippen LogP contribution < -0.4 is 0 Å². The maximum Gasteiger partial charge on any atom is 0.410 e. The molecule has 0 atom stereocenters. The zero-order valence-electron chi connectivity index (χ0n) is 19.0. The van der Waals surface area contributed by atoms with E-state index in [1.807, 2.05) is 20.8 Å². The molecule has 0 unspecified atom stereocenters. The molecule has 5 heteroatoms. The fourth-order valence-corrected chi connectivity index (χ4v) is 4.60. The maximum atomic E-state index is 12.4. The van der Waals surface area contributed by atoms with Gasteiger partial charge in [-0.05, 0) is 68.9 Å². The van der Waals surface area contributed by atoms with E-state index in [0.29, 0.717) is 13.1 Å². The summed E-state index contributed by atoms with van der Waals surface area (Å²) in [5.74, 6) is 0. The van der Waals surface area contributed by atoms with Crippen molar-refractivity contribution in [1.82, 2.24) is 9.88 Å². The maximum absolute atomic E-state index is 12.4. The van der Waals surface area contributed by atoms with Crippen molar-refractivity contribution in [1.29, 1.82) is 0 Å². The van der Waals surface area contributed by atoms with Crippen LogP contribution in [0.5, 0.6) is 0 Å². The van der Waals surface area contributed by atoms with Crippen LogP contribution in [0.15, 0.2) is 36.4 Å². The van der Waals surface area contributed by atoms with Gasteiger partial charge in [-0.25, -0.2) is 9.78 Å². The molecule has 1 aliphatic rings. The lowest BCUT2D eigenvalue weighted by Gasteiger charge is -2.29. The number of aromatic nitrogens is 1. The van der Waals surface area contributed by atoms with Crippen molar-refractivity contribution < 1.29 is 9.53 Å². The van der Waals surface area contributed by atoms with Crippen molar-refractivity contribution in [3.05, 3.63) is 63.1 Å². The Hall–Kier alpha value is -2.40. The molecule has 1 aromatic carbocycles. The third-order valence-corrected chi connectivity index (χ3v) is 6.60. The van der Waals surface area contributed by atoms with Crippen molar-refractivity contribution in [2.75, 3.05) is 6.54 Å².